The number of hydrogen-bond acceptors (Lipinski definition) is 4. The van der Waals surface area contributed by atoms with E-state index < -0.39 is 17.6 Å². The normalized spacial score (nSPS) is 10.6. The van der Waals surface area contributed by atoms with Crippen molar-refractivity contribution in [3.8, 4) is 5.75 Å². The van der Waals surface area contributed by atoms with Gasteiger partial charge in [0.05, 0.1) is 0 Å². The van der Waals surface area contributed by atoms with Crippen LogP contribution in [0.25, 0.3) is 11.1 Å². The average molecular weight is 213 g/mol. The molecule has 72 valence electrons. The Morgan fingerprint density at radius 3 is 2.93 bits per heavy atom. The molecule has 14 heavy (non-hydrogen) atoms. The highest BCUT2D eigenvalue weighted by Gasteiger charge is 2.13. The van der Waals surface area contributed by atoms with Crippen molar-refractivity contribution < 1.29 is 19.4 Å². The molecule has 0 aliphatic rings. The number of nitrogens with zero attached hydrogens (tertiary/aromatic N) is 1. The molecule has 1 N–H and O–H groups in total. The maximum atomic E-state index is 11.3. The number of aromatic nitrogens is 1. The van der Waals surface area contributed by atoms with E-state index >= 15 is 0 Å². The van der Waals surface area contributed by atoms with Gasteiger partial charge < -0.3 is 14.6 Å². The van der Waals surface area contributed by atoms with Gasteiger partial charge in [0, 0.05) is 5.02 Å². The van der Waals surface area contributed by atoms with Gasteiger partial charge in [0.1, 0.15) is 5.52 Å². The fourth-order valence-electron chi connectivity index (χ4n) is 1.04. The molecule has 0 aliphatic heterocycles. The molecule has 0 amide bonds. The van der Waals surface area contributed by atoms with Crippen LogP contribution in [0.15, 0.2) is 16.5 Å². The van der Waals surface area contributed by atoms with Crippen LogP contribution in [0.2, 0.25) is 5.02 Å². The zero-order chi connectivity index (χ0) is 10.3. The van der Waals surface area contributed by atoms with Crippen molar-refractivity contribution in [2.45, 2.75) is 0 Å². The minimum atomic E-state index is -1.32. The maximum Gasteiger partial charge on any atom is 0.392 e. The van der Waals surface area contributed by atoms with Crippen LogP contribution in [0.4, 0.5) is 0 Å². The van der Waals surface area contributed by atoms with Crippen LogP contribution < -0.4 is 5.11 Å². The average Bonchev–Trinajstić information content (AvgIpc) is 2.56. The van der Waals surface area contributed by atoms with Crippen LogP contribution in [0, 0.1) is 0 Å². The number of halogens is 1. The van der Waals surface area contributed by atoms with Crippen molar-refractivity contribution >= 4 is 28.7 Å². The third kappa shape index (κ3) is 1.18. The SMILES string of the molecule is O=C(O)c1nc2c([O-])c(Cl)ccc2o1. The number of rotatable bonds is 1. The van der Waals surface area contributed by atoms with Crippen molar-refractivity contribution in [2.75, 3.05) is 0 Å². The van der Waals surface area contributed by atoms with E-state index in [-0.39, 0.29) is 16.1 Å². The van der Waals surface area contributed by atoms with E-state index in [0.29, 0.717) is 0 Å². The monoisotopic (exact) mass is 212 g/mol. The highest BCUT2D eigenvalue weighted by molar-refractivity contribution is 6.32. The first-order chi connectivity index (χ1) is 6.59. The lowest BCUT2D eigenvalue weighted by Crippen LogP contribution is -1.96. The Morgan fingerprint density at radius 1 is 1.57 bits per heavy atom. The van der Waals surface area contributed by atoms with E-state index in [0.717, 1.165) is 0 Å². The van der Waals surface area contributed by atoms with Crippen LogP contribution in [-0.4, -0.2) is 16.1 Å². The maximum absolute atomic E-state index is 11.3. The Kier molecular flexibility index (Phi) is 1.82. The molecule has 1 aromatic heterocycles. The van der Waals surface area contributed by atoms with Crippen molar-refractivity contribution in [2.24, 2.45) is 0 Å². The summed E-state index contributed by atoms with van der Waals surface area (Å²) < 4.78 is 4.80. The molecule has 2 rings (SSSR count). The summed E-state index contributed by atoms with van der Waals surface area (Å²) in [4.78, 5) is 14.0. The molecule has 0 saturated heterocycles. The van der Waals surface area contributed by atoms with Crippen LogP contribution in [0.5, 0.6) is 5.75 Å². The predicted octanol–water partition coefficient (Wildman–Crippen LogP) is 1.25. The van der Waals surface area contributed by atoms with E-state index in [9.17, 15) is 9.90 Å². The fraction of sp³-hybridized carbons (Fsp3) is 0. The molecule has 0 spiro atoms. The van der Waals surface area contributed by atoms with Crippen molar-refractivity contribution in [3.63, 3.8) is 0 Å². The highest BCUT2D eigenvalue weighted by Crippen LogP contribution is 2.29. The lowest BCUT2D eigenvalue weighted by atomic mass is 10.3. The number of carbonyl (C=O) groups is 1. The molecule has 0 atom stereocenters. The molecule has 0 fully saturated rings. The van der Waals surface area contributed by atoms with Crippen LogP contribution in [-0.2, 0) is 0 Å². The van der Waals surface area contributed by atoms with Gasteiger partial charge in [-0.15, -0.1) is 0 Å². The van der Waals surface area contributed by atoms with E-state index in [2.05, 4.69) is 4.98 Å². The molecule has 6 heteroatoms. The summed E-state index contributed by atoms with van der Waals surface area (Å²) in [6.07, 6.45) is 0. The summed E-state index contributed by atoms with van der Waals surface area (Å²) in [6, 6.07) is 2.74. The highest BCUT2D eigenvalue weighted by atomic mass is 35.5. The van der Waals surface area contributed by atoms with E-state index in [1.165, 1.54) is 12.1 Å². The molecule has 2 aromatic rings. The minimum absolute atomic E-state index is 0.0114. The second kappa shape index (κ2) is 2.88. The van der Waals surface area contributed by atoms with Gasteiger partial charge >= 0.3 is 11.9 Å². The molecule has 0 radical (unpaired) electrons. The molecule has 0 saturated carbocycles. The molecule has 1 aromatic carbocycles. The first kappa shape index (κ1) is 8.83. The largest absolute Gasteiger partial charge is 0.870 e. The Hall–Kier alpha value is -1.75. The molecular weight excluding hydrogens is 210 g/mol. The van der Waals surface area contributed by atoms with Crippen LogP contribution >= 0.6 is 11.6 Å². The Morgan fingerprint density at radius 2 is 2.29 bits per heavy atom. The summed E-state index contributed by atoms with van der Waals surface area (Å²) in [7, 11) is 0. The summed E-state index contributed by atoms with van der Waals surface area (Å²) in [5.74, 6) is -2.36. The standard InChI is InChI=1S/C8H4ClNO4/c9-3-1-2-4-5(6(3)11)10-7(14-4)8(12)13/h1-2,11H,(H,12,13)/p-1. The van der Waals surface area contributed by atoms with Gasteiger partial charge in [-0.25, -0.2) is 9.78 Å². The molecule has 0 aliphatic carbocycles. The van der Waals surface area contributed by atoms with E-state index in [1.807, 2.05) is 0 Å². The first-order valence-electron chi connectivity index (χ1n) is 3.59. The van der Waals surface area contributed by atoms with Gasteiger partial charge in [-0.2, -0.15) is 0 Å². The third-order valence-electron chi connectivity index (χ3n) is 1.65. The zero-order valence-electron chi connectivity index (χ0n) is 6.65. The summed E-state index contributed by atoms with van der Waals surface area (Å²) in [5, 5.41) is 19.9. The fourth-order valence-corrected chi connectivity index (χ4v) is 1.19. The van der Waals surface area contributed by atoms with Gasteiger partial charge in [0.25, 0.3) is 0 Å². The number of hydrogen-bond donors (Lipinski definition) is 1. The molecule has 5 nitrogen and oxygen atoms in total. The van der Waals surface area contributed by atoms with Crippen LogP contribution in [0.3, 0.4) is 0 Å². The number of aromatic carboxylic acids is 1. The van der Waals surface area contributed by atoms with Crippen LogP contribution in [0.1, 0.15) is 10.7 Å². The third-order valence-corrected chi connectivity index (χ3v) is 1.95. The summed E-state index contributed by atoms with van der Waals surface area (Å²) >= 11 is 5.53. The second-order valence-corrected chi connectivity index (χ2v) is 2.95. The van der Waals surface area contributed by atoms with Gasteiger partial charge in [-0.1, -0.05) is 17.4 Å². The quantitative estimate of drug-likeness (QED) is 0.769. The minimum Gasteiger partial charge on any atom is -0.870 e. The number of carboxylic acid groups (broad SMARTS) is 1. The summed E-state index contributed by atoms with van der Waals surface area (Å²) in [5.41, 5.74) is 0.0618. The van der Waals surface area contributed by atoms with Crippen molar-refractivity contribution in [1.82, 2.24) is 4.98 Å². The predicted molar refractivity (Wildman–Crippen MR) is 45.4 cm³/mol. The molecule has 1 heterocycles. The first-order valence-corrected chi connectivity index (χ1v) is 3.96. The van der Waals surface area contributed by atoms with E-state index in [4.69, 9.17) is 21.1 Å². The number of fused-ring (bicyclic) bond motifs is 1. The van der Waals surface area contributed by atoms with Crippen molar-refractivity contribution in [3.05, 3.63) is 23.0 Å². The Balaban J connectivity index is 2.77. The number of benzene rings is 1. The topological polar surface area (TPSA) is 86.4 Å². The van der Waals surface area contributed by atoms with Gasteiger partial charge in [0.15, 0.2) is 5.58 Å². The Bertz CT molecular complexity index is 519. The molecular formula is C8H3ClNO4-. The lowest BCUT2D eigenvalue weighted by molar-refractivity contribution is -0.265. The van der Waals surface area contributed by atoms with Gasteiger partial charge in [-0.05, 0) is 12.1 Å². The lowest BCUT2D eigenvalue weighted by Gasteiger charge is -2.06. The Labute approximate surface area is 82.5 Å². The van der Waals surface area contributed by atoms with E-state index in [1.54, 1.807) is 0 Å². The van der Waals surface area contributed by atoms with Gasteiger partial charge in [0.2, 0.25) is 0 Å². The summed E-state index contributed by atoms with van der Waals surface area (Å²) in [6.45, 7) is 0. The molecule has 0 unspecified atom stereocenters. The smallest absolute Gasteiger partial charge is 0.392 e. The number of carboxylic acids is 1. The molecule has 0 bridgehead atoms. The second-order valence-electron chi connectivity index (χ2n) is 2.55. The number of oxazole rings is 1. The van der Waals surface area contributed by atoms with Crippen molar-refractivity contribution in [1.29, 1.82) is 0 Å². The zero-order valence-corrected chi connectivity index (χ0v) is 7.41. The van der Waals surface area contributed by atoms with Gasteiger partial charge in [-0.3, -0.25) is 0 Å².